The summed E-state index contributed by atoms with van der Waals surface area (Å²) in [6, 6.07) is 6.89. The fourth-order valence-corrected chi connectivity index (χ4v) is 2.37. The van der Waals surface area contributed by atoms with Crippen molar-refractivity contribution in [3.05, 3.63) is 42.2 Å². The Bertz CT molecular complexity index is 703. The molecule has 19 heavy (non-hydrogen) atoms. The van der Waals surface area contributed by atoms with E-state index in [1.165, 1.54) is 24.1 Å². The number of nitrogens with zero attached hydrogens (tertiary/aromatic N) is 1. The lowest BCUT2D eigenvalue weighted by Gasteiger charge is -2.04. The predicted octanol–water partition coefficient (Wildman–Crippen LogP) is 4.33. The van der Waals surface area contributed by atoms with Crippen molar-refractivity contribution >= 4 is 22.8 Å². The van der Waals surface area contributed by atoms with Gasteiger partial charge in [-0.3, -0.25) is 0 Å². The molecule has 98 valence electrons. The maximum atomic E-state index is 12.6. The first-order valence-electron chi connectivity index (χ1n) is 5.31. The highest BCUT2D eigenvalue weighted by Gasteiger charge is 2.30. The third-order valence-corrected chi connectivity index (χ3v) is 3.30. The molecule has 0 saturated heterocycles. The first-order chi connectivity index (χ1) is 9.02. The average Bonchev–Trinajstić information content (AvgIpc) is 2.95. The van der Waals surface area contributed by atoms with E-state index in [9.17, 15) is 13.2 Å². The summed E-state index contributed by atoms with van der Waals surface area (Å²) in [6.45, 7) is 0. The second-order valence-corrected chi connectivity index (χ2v) is 4.80. The lowest BCUT2D eigenvalue weighted by molar-refractivity contribution is -0.137. The van der Waals surface area contributed by atoms with Crippen molar-refractivity contribution in [3.63, 3.8) is 0 Å². The Morgan fingerprint density at radius 1 is 1.21 bits per heavy atom. The summed E-state index contributed by atoms with van der Waals surface area (Å²) < 4.78 is 42.9. The Labute approximate surface area is 109 Å². The van der Waals surface area contributed by atoms with E-state index in [1.54, 1.807) is 12.1 Å². The van der Waals surface area contributed by atoms with Crippen molar-refractivity contribution in [2.24, 2.45) is 0 Å². The van der Waals surface area contributed by atoms with Crippen LogP contribution in [0.2, 0.25) is 0 Å². The van der Waals surface area contributed by atoms with E-state index in [4.69, 9.17) is 4.42 Å². The molecule has 2 aromatic heterocycles. The predicted molar refractivity (Wildman–Crippen MR) is 63.9 cm³/mol. The lowest BCUT2D eigenvalue weighted by atomic mass is 10.2. The normalized spacial score (nSPS) is 12.2. The van der Waals surface area contributed by atoms with Crippen molar-refractivity contribution in [1.82, 2.24) is 9.97 Å². The van der Waals surface area contributed by atoms with E-state index in [0.29, 0.717) is 21.3 Å². The van der Waals surface area contributed by atoms with Crippen LogP contribution >= 0.6 is 11.8 Å². The molecule has 0 aliphatic heterocycles. The third-order valence-electron chi connectivity index (χ3n) is 2.48. The van der Waals surface area contributed by atoms with Crippen LogP contribution < -0.4 is 0 Å². The molecule has 0 aliphatic carbocycles. The molecule has 0 bridgehead atoms. The summed E-state index contributed by atoms with van der Waals surface area (Å²) in [5.41, 5.74) is 0.143. The third kappa shape index (κ3) is 2.46. The van der Waals surface area contributed by atoms with Gasteiger partial charge in [0.05, 0.1) is 22.9 Å². The van der Waals surface area contributed by atoms with Crippen LogP contribution in [-0.4, -0.2) is 9.97 Å². The van der Waals surface area contributed by atoms with Gasteiger partial charge in [-0.2, -0.15) is 13.2 Å². The van der Waals surface area contributed by atoms with Gasteiger partial charge in [-0.1, -0.05) is 0 Å². The SMILES string of the molecule is FC(F)(F)c1ccc2nc(Sc3ccco3)[nH]c2c1. The van der Waals surface area contributed by atoms with E-state index in [-0.39, 0.29) is 0 Å². The zero-order chi connectivity index (χ0) is 13.5. The molecule has 3 rings (SSSR count). The van der Waals surface area contributed by atoms with Gasteiger partial charge < -0.3 is 9.40 Å². The molecule has 0 aliphatic rings. The molecule has 0 spiro atoms. The zero-order valence-electron chi connectivity index (χ0n) is 9.36. The number of fused-ring (bicyclic) bond motifs is 1. The van der Waals surface area contributed by atoms with E-state index in [0.717, 1.165) is 12.1 Å². The smallest absolute Gasteiger partial charge is 0.416 e. The second-order valence-electron chi connectivity index (χ2n) is 3.81. The van der Waals surface area contributed by atoms with Crippen LogP contribution in [0.1, 0.15) is 5.56 Å². The quantitative estimate of drug-likeness (QED) is 0.761. The van der Waals surface area contributed by atoms with Gasteiger partial charge in [0.15, 0.2) is 10.2 Å². The molecule has 3 nitrogen and oxygen atoms in total. The number of alkyl halides is 3. The molecule has 3 aromatic rings. The number of aromatic nitrogens is 2. The average molecular weight is 284 g/mol. The summed E-state index contributed by atoms with van der Waals surface area (Å²) in [4.78, 5) is 7.03. The van der Waals surface area contributed by atoms with Gasteiger partial charge in [0, 0.05) is 0 Å². The monoisotopic (exact) mass is 284 g/mol. The first kappa shape index (κ1) is 12.2. The lowest BCUT2D eigenvalue weighted by Crippen LogP contribution is -2.04. The number of H-pyrrole nitrogens is 1. The van der Waals surface area contributed by atoms with Crippen molar-refractivity contribution in [1.29, 1.82) is 0 Å². The zero-order valence-corrected chi connectivity index (χ0v) is 10.2. The highest BCUT2D eigenvalue weighted by Crippen LogP contribution is 2.32. The van der Waals surface area contributed by atoms with E-state index in [2.05, 4.69) is 9.97 Å². The Kier molecular flexibility index (Phi) is 2.78. The molecule has 0 unspecified atom stereocenters. The van der Waals surface area contributed by atoms with Crippen molar-refractivity contribution in [2.75, 3.05) is 0 Å². The summed E-state index contributed by atoms with van der Waals surface area (Å²) >= 11 is 1.22. The Morgan fingerprint density at radius 3 is 2.74 bits per heavy atom. The van der Waals surface area contributed by atoms with Crippen LogP contribution in [0.5, 0.6) is 0 Å². The fraction of sp³-hybridized carbons (Fsp3) is 0.0833. The van der Waals surface area contributed by atoms with Gasteiger partial charge in [-0.25, -0.2) is 4.98 Å². The van der Waals surface area contributed by atoms with Crippen LogP contribution in [-0.2, 0) is 6.18 Å². The summed E-state index contributed by atoms with van der Waals surface area (Å²) in [5, 5.41) is 1.11. The van der Waals surface area contributed by atoms with E-state index in [1.807, 2.05) is 0 Å². The highest BCUT2D eigenvalue weighted by molar-refractivity contribution is 7.99. The van der Waals surface area contributed by atoms with Gasteiger partial charge >= 0.3 is 6.18 Å². The van der Waals surface area contributed by atoms with Crippen LogP contribution in [0.15, 0.2) is 51.3 Å². The molecule has 0 radical (unpaired) electrons. The largest absolute Gasteiger partial charge is 0.458 e. The minimum absolute atomic E-state index is 0.351. The molecule has 0 amide bonds. The molecule has 7 heteroatoms. The van der Waals surface area contributed by atoms with Gasteiger partial charge in [0.25, 0.3) is 0 Å². The maximum Gasteiger partial charge on any atom is 0.416 e. The molecule has 0 fully saturated rings. The molecule has 0 saturated carbocycles. The Morgan fingerprint density at radius 2 is 2.05 bits per heavy atom. The van der Waals surface area contributed by atoms with Crippen molar-refractivity contribution in [2.45, 2.75) is 16.4 Å². The van der Waals surface area contributed by atoms with Crippen LogP contribution in [0, 0.1) is 0 Å². The molecule has 2 heterocycles. The fourth-order valence-electron chi connectivity index (χ4n) is 1.63. The van der Waals surface area contributed by atoms with Gasteiger partial charge in [-0.05, 0) is 42.1 Å². The number of aromatic amines is 1. The molecule has 1 N–H and O–H groups in total. The Balaban J connectivity index is 1.97. The molecular formula is C12H7F3N2OS. The summed E-state index contributed by atoms with van der Waals surface area (Å²) in [6.07, 6.45) is -2.83. The van der Waals surface area contributed by atoms with Crippen molar-refractivity contribution < 1.29 is 17.6 Å². The topological polar surface area (TPSA) is 41.8 Å². The van der Waals surface area contributed by atoms with Gasteiger partial charge in [0.1, 0.15) is 0 Å². The van der Waals surface area contributed by atoms with Crippen LogP contribution in [0.4, 0.5) is 13.2 Å². The molecule has 0 atom stereocenters. The van der Waals surface area contributed by atoms with Crippen molar-refractivity contribution in [3.8, 4) is 0 Å². The number of nitrogens with one attached hydrogen (secondary N) is 1. The van der Waals surface area contributed by atoms with Gasteiger partial charge in [0.2, 0.25) is 0 Å². The number of rotatable bonds is 2. The van der Waals surface area contributed by atoms with Crippen LogP contribution in [0.25, 0.3) is 11.0 Å². The summed E-state index contributed by atoms with van der Waals surface area (Å²) in [7, 11) is 0. The molecular weight excluding hydrogens is 277 g/mol. The van der Waals surface area contributed by atoms with E-state index >= 15 is 0 Å². The number of benzene rings is 1. The molecule has 1 aromatic carbocycles. The minimum Gasteiger partial charge on any atom is -0.458 e. The second kappa shape index (κ2) is 4.34. The van der Waals surface area contributed by atoms with Gasteiger partial charge in [-0.15, -0.1) is 0 Å². The summed E-state index contributed by atoms with van der Waals surface area (Å²) in [5.74, 6) is 0. The Hall–Kier alpha value is -1.89. The first-order valence-corrected chi connectivity index (χ1v) is 6.12. The highest BCUT2D eigenvalue weighted by atomic mass is 32.2. The number of furan rings is 1. The number of hydrogen-bond donors (Lipinski definition) is 1. The number of imidazole rings is 1. The van der Waals surface area contributed by atoms with Crippen LogP contribution in [0.3, 0.4) is 0 Å². The minimum atomic E-state index is -4.35. The van der Waals surface area contributed by atoms with E-state index < -0.39 is 11.7 Å². The number of halogens is 3. The number of hydrogen-bond acceptors (Lipinski definition) is 3. The maximum absolute atomic E-state index is 12.6. The standard InChI is InChI=1S/C12H7F3N2OS/c13-12(14,15)7-3-4-8-9(6-7)17-11(16-8)19-10-2-1-5-18-10/h1-6H,(H,16,17).